The molecule has 0 spiro atoms. The predicted octanol–water partition coefficient (Wildman–Crippen LogP) is 0.866. The number of hydrogen-bond acceptors (Lipinski definition) is 2. The molecule has 0 amide bonds. The van der Waals surface area contributed by atoms with Gasteiger partial charge in [-0.2, -0.15) is 0 Å². The van der Waals surface area contributed by atoms with Crippen molar-refractivity contribution in [1.82, 2.24) is 0 Å². The van der Waals surface area contributed by atoms with Gasteiger partial charge < -0.3 is 11.5 Å². The van der Waals surface area contributed by atoms with E-state index in [9.17, 15) is 4.39 Å². The van der Waals surface area contributed by atoms with Crippen LogP contribution in [-0.2, 0) is 0 Å². The van der Waals surface area contributed by atoms with Crippen molar-refractivity contribution in [3.05, 3.63) is 0 Å². The summed E-state index contributed by atoms with van der Waals surface area (Å²) in [6, 6.07) is 0. The first-order valence-corrected chi connectivity index (χ1v) is 2.77. The molecule has 66 valence electrons. The molecule has 4 N–H and O–H groups in total. The van der Waals surface area contributed by atoms with Gasteiger partial charge >= 0.3 is 0 Å². The van der Waals surface area contributed by atoms with Crippen molar-refractivity contribution < 1.29 is 4.39 Å². The Bertz CT molecular complexity index is 60.4. The van der Waals surface area contributed by atoms with Crippen LogP contribution >= 0.6 is 24.8 Å². The lowest BCUT2D eigenvalue weighted by Gasteiger charge is -2.18. The van der Waals surface area contributed by atoms with Gasteiger partial charge in [0.15, 0.2) is 0 Å². The van der Waals surface area contributed by atoms with E-state index in [1.807, 2.05) is 0 Å². The molecule has 0 radical (unpaired) electrons. The van der Waals surface area contributed by atoms with E-state index in [1.54, 1.807) is 6.92 Å². The minimum Gasteiger partial charge on any atom is -0.327 e. The van der Waals surface area contributed by atoms with Crippen molar-refractivity contribution in [2.24, 2.45) is 11.5 Å². The van der Waals surface area contributed by atoms with E-state index in [4.69, 9.17) is 11.5 Å². The summed E-state index contributed by atoms with van der Waals surface area (Å²) in [5.74, 6) is 0. The summed E-state index contributed by atoms with van der Waals surface area (Å²) >= 11 is 0. The van der Waals surface area contributed by atoms with E-state index in [0.717, 1.165) is 0 Å². The van der Waals surface area contributed by atoms with Crippen LogP contribution in [0.15, 0.2) is 0 Å². The van der Waals surface area contributed by atoms with E-state index < -0.39 is 5.67 Å². The highest BCUT2D eigenvalue weighted by Gasteiger charge is 2.22. The minimum absolute atomic E-state index is 0. The molecule has 0 aliphatic rings. The molecule has 0 aliphatic heterocycles. The molecule has 0 aromatic heterocycles. The first-order chi connectivity index (χ1) is 3.68. The molecule has 0 saturated carbocycles. The van der Waals surface area contributed by atoms with Crippen LogP contribution in [-0.4, -0.2) is 18.8 Å². The van der Waals surface area contributed by atoms with Crippen molar-refractivity contribution >= 4 is 24.8 Å². The smallest absolute Gasteiger partial charge is 0.135 e. The summed E-state index contributed by atoms with van der Waals surface area (Å²) in [4.78, 5) is 0. The van der Waals surface area contributed by atoms with Crippen LogP contribution < -0.4 is 11.5 Å². The number of halogens is 3. The molecule has 0 aliphatic carbocycles. The average Bonchev–Trinajstić information content (AvgIpc) is 1.87. The van der Waals surface area contributed by atoms with Gasteiger partial charge in [-0.3, -0.25) is 0 Å². The maximum absolute atomic E-state index is 12.7. The molecular formula is C5H15Cl2FN2. The van der Waals surface area contributed by atoms with Gasteiger partial charge in [-0.15, -0.1) is 24.8 Å². The fourth-order valence-electron chi connectivity index (χ4n) is 0.372. The summed E-state index contributed by atoms with van der Waals surface area (Å²) in [5, 5.41) is 0. The van der Waals surface area contributed by atoms with Crippen LogP contribution in [0.5, 0.6) is 0 Å². The molecule has 5 heteroatoms. The average molecular weight is 193 g/mol. The van der Waals surface area contributed by atoms with Crippen LogP contribution in [0.1, 0.15) is 13.3 Å². The molecule has 0 saturated heterocycles. The molecule has 0 aromatic rings. The molecule has 0 unspecified atom stereocenters. The zero-order valence-electron chi connectivity index (χ0n) is 5.97. The molecule has 0 atom stereocenters. The van der Waals surface area contributed by atoms with E-state index in [1.165, 1.54) is 0 Å². The van der Waals surface area contributed by atoms with Gasteiger partial charge in [-0.1, -0.05) is 6.92 Å². The lowest BCUT2D eigenvalue weighted by atomic mass is 10.0. The SMILES string of the molecule is CCC(F)(CN)CN.Cl.Cl. The Labute approximate surface area is 73.4 Å². The standard InChI is InChI=1S/C5H13FN2.2ClH/c1-2-5(6,3-7)4-8;;/h2-4,7-8H2,1H3;2*1H. The highest BCUT2D eigenvalue weighted by atomic mass is 35.5. The van der Waals surface area contributed by atoms with Gasteiger partial charge in [0.25, 0.3) is 0 Å². The Kier molecular flexibility index (Phi) is 12.7. The Balaban J connectivity index is -0.000000245. The number of hydrogen-bond donors (Lipinski definition) is 2. The fourth-order valence-corrected chi connectivity index (χ4v) is 0.372. The molecular weight excluding hydrogens is 178 g/mol. The molecule has 0 aromatic carbocycles. The second kappa shape index (κ2) is 7.54. The number of nitrogens with two attached hydrogens (primary N) is 2. The van der Waals surface area contributed by atoms with E-state index >= 15 is 0 Å². The third-order valence-electron chi connectivity index (χ3n) is 1.37. The van der Waals surface area contributed by atoms with Crippen molar-refractivity contribution in [3.63, 3.8) is 0 Å². The topological polar surface area (TPSA) is 52.0 Å². The fraction of sp³-hybridized carbons (Fsp3) is 1.00. The maximum Gasteiger partial charge on any atom is 0.135 e. The molecule has 10 heavy (non-hydrogen) atoms. The van der Waals surface area contributed by atoms with Gasteiger partial charge in [-0.25, -0.2) is 4.39 Å². The van der Waals surface area contributed by atoms with Gasteiger partial charge in [0.2, 0.25) is 0 Å². The first kappa shape index (κ1) is 16.8. The van der Waals surface area contributed by atoms with E-state index in [2.05, 4.69) is 0 Å². The summed E-state index contributed by atoms with van der Waals surface area (Å²) in [5.41, 5.74) is 8.83. The third kappa shape index (κ3) is 5.23. The summed E-state index contributed by atoms with van der Waals surface area (Å²) in [6.07, 6.45) is 0.403. The molecule has 2 nitrogen and oxygen atoms in total. The molecule has 0 bridgehead atoms. The monoisotopic (exact) mass is 192 g/mol. The van der Waals surface area contributed by atoms with Crippen molar-refractivity contribution in [2.75, 3.05) is 13.1 Å². The second-order valence-corrected chi connectivity index (χ2v) is 1.91. The van der Waals surface area contributed by atoms with Crippen LogP contribution in [0, 0.1) is 0 Å². The lowest BCUT2D eigenvalue weighted by Crippen LogP contribution is -2.39. The zero-order valence-corrected chi connectivity index (χ0v) is 7.60. The normalized spacial score (nSPS) is 9.60. The first-order valence-electron chi connectivity index (χ1n) is 2.77. The Morgan fingerprint density at radius 2 is 1.50 bits per heavy atom. The number of rotatable bonds is 3. The number of alkyl halides is 1. The minimum atomic E-state index is -1.32. The van der Waals surface area contributed by atoms with Crippen molar-refractivity contribution in [1.29, 1.82) is 0 Å². The largest absolute Gasteiger partial charge is 0.327 e. The Hall–Kier alpha value is 0.430. The summed E-state index contributed by atoms with van der Waals surface area (Å²) in [7, 11) is 0. The van der Waals surface area contributed by atoms with Crippen molar-refractivity contribution in [2.45, 2.75) is 19.0 Å². The van der Waals surface area contributed by atoms with E-state index in [-0.39, 0.29) is 37.9 Å². The molecule has 0 fully saturated rings. The highest BCUT2D eigenvalue weighted by molar-refractivity contribution is 5.85. The summed E-state index contributed by atoms with van der Waals surface area (Å²) < 4.78 is 12.7. The highest BCUT2D eigenvalue weighted by Crippen LogP contribution is 2.10. The van der Waals surface area contributed by atoms with Crippen molar-refractivity contribution in [3.8, 4) is 0 Å². The Morgan fingerprint density at radius 1 is 1.20 bits per heavy atom. The van der Waals surface area contributed by atoms with E-state index in [0.29, 0.717) is 6.42 Å². The van der Waals surface area contributed by atoms with Gasteiger partial charge in [0, 0.05) is 13.1 Å². The molecule has 0 rings (SSSR count). The predicted molar refractivity (Wildman–Crippen MR) is 46.7 cm³/mol. The van der Waals surface area contributed by atoms with Crippen LogP contribution in [0.4, 0.5) is 4.39 Å². The maximum atomic E-state index is 12.7. The third-order valence-corrected chi connectivity index (χ3v) is 1.37. The quantitative estimate of drug-likeness (QED) is 0.698. The van der Waals surface area contributed by atoms with Crippen LogP contribution in [0.25, 0.3) is 0 Å². The zero-order chi connectivity index (χ0) is 6.62. The van der Waals surface area contributed by atoms with Crippen LogP contribution in [0.3, 0.4) is 0 Å². The second-order valence-electron chi connectivity index (χ2n) is 1.91. The van der Waals surface area contributed by atoms with Gasteiger partial charge in [0.05, 0.1) is 0 Å². The Morgan fingerprint density at radius 3 is 1.50 bits per heavy atom. The lowest BCUT2D eigenvalue weighted by molar-refractivity contribution is 0.178. The summed E-state index contributed by atoms with van der Waals surface area (Å²) in [6.45, 7) is 1.79. The van der Waals surface area contributed by atoms with Gasteiger partial charge in [0.1, 0.15) is 5.67 Å². The molecule has 0 heterocycles. The van der Waals surface area contributed by atoms with Crippen LogP contribution in [0.2, 0.25) is 0 Å². The van der Waals surface area contributed by atoms with Gasteiger partial charge in [-0.05, 0) is 6.42 Å².